The van der Waals surface area contributed by atoms with Crippen molar-refractivity contribution in [3.05, 3.63) is 35.6 Å². The van der Waals surface area contributed by atoms with Gasteiger partial charge in [-0.1, -0.05) is 0 Å². The molecule has 0 unspecified atom stereocenters. The van der Waals surface area contributed by atoms with Gasteiger partial charge in [0.25, 0.3) is 0 Å². The van der Waals surface area contributed by atoms with Gasteiger partial charge in [-0.2, -0.15) is 0 Å². The number of amides is 1. The van der Waals surface area contributed by atoms with Gasteiger partial charge in [-0.15, -0.1) is 0 Å². The first-order valence-corrected chi connectivity index (χ1v) is 10.8. The number of nitrogens with one attached hydrogen (secondary N) is 1. The quantitative estimate of drug-likeness (QED) is 0.679. The number of cyclic esters (lactones) is 2. The number of alkyl carbamates (subject to hydrolysis) is 1. The number of halogens is 1. The SMILES string of the molecule is COc1ccc2ccc(F)c([C@H]3OC(=O)O[C@@H]3[C@@H]3CC[C@@H](NC(=O)OC(C)(C)C)CO3)c2n1. The highest BCUT2D eigenvalue weighted by Gasteiger charge is 2.47. The predicted octanol–water partition coefficient (Wildman–Crippen LogP) is 4.03. The zero-order valence-electron chi connectivity index (χ0n) is 18.9. The number of nitrogens with zero attached hydrogens (tertiary/aromatic N) is 1. The van der Waals surface area contributed by atoms with E-state index in [1.54, 1.807) is 39.0 Å². The molecule has 4 rings (SSSR count). The Balaban J connectivity index is 1.51. The maximum absolute atomic E-state index is 15.0. The van der Waals surface area contributed by atoms with E-state index >= 15 is 0 Å². The molecule has 0 bridgehead atoms. The molecular weight excluding hydrogens is 435 g/mol. The molecule has 0 spiro atoms. The average molecular weight is 462 g/mol. The molecule has 178 valence electrons. The summed E-state index contributed by atoms with van der Waals surface area (Å²) in [4.78, 5) is 28.4. The Morgan fingerprint density at radius 3 is 2.61 bits per heavy atom. The van der Waals surface area contributed by atoms with Crippen molar-refractivity contribution >= 4 is 23.2 Å². The Morgan fingerprint density at radius 2 is 1.94 bits per heavy atom. The third-order valence-electron chi connectivity index (χ3n) is 5.47. The van der Waals surface area contributed by atoms with Gasteiger partial charge in [-0.25, -0.2) is 19.0 Å². The van der Waals surface area contributed by atoms with E-state index in [0.717, 1.165) is 0 Å². The summed E-state index contributed by atoms with van der Waals surface area (Å²) in [6, 6.07) is 6.06. The van der Waals surface area contributed by atoms with Crippen molar-refractivity contribution in [1.29, 1.82) is 0 Å². The van der Waals surface area contributed by atoms with Crippen LogP contribution in [0.15, 0.2) is 24.3 Å². The van der Waals surface area contributed by atoms with Gasteiger partial charge >= 0.3 is 12.2 Å². The maximum Gasteiger partial charge on any atom is 0.509 e. The van der Waals surface area contributed by atoms with Crippen molar-refractivity contribution in [2.75, 3.05) is 13.7 Å². The maximum atomic E-state index is 15.0. The molecule has 2 aliphatic heterocycles. The lowest BCUT2D eigenvalue weighted by molar-refractivity contribution is -0.0747. The van der Waals surface area contributed by atoms with Crippen LogP contribution in [0, 0.1) is 5.82 Å². The van der Waals surface area contributed by atoms with E-state index in [0.29, 0.717) is 29.6 Å². The Labute approximate surface area is 190 Å². The number of carbonyl (C=O) groups is 2. The average Bonchev–Trinajstić information content (AvgIpc) is 3.13. The van der Waals surface area contributed by atoms with Crippen molar-refractivity contribution < 1.29 is 37.7 Å². The Morgan fingerprint density at radius 1 is 1.18 bits per heavy atom. The summed E-state index contributed by atoms with van der Waals surface area (Å²) in [5.74, 6) is -0.266. The lowest BCUT2D eigenvalue weighted by Gasteiger charge is -2.33. The van der Waals surface area contributed by atoms with Crippen LogP contribution in [0.5, 0.6) is 5.88 Å². The number of aromatic nitrogens is 1. The molecule has 1 aromatic carbocycles. The van der Waals surface area contributed by atoms with E-state index in [-0.39, 0.29) is 18.2 Å². The third kappa shape index (κ3) is 5.11. The molecule has 2 aliphatic rings. The molecule has 10 heteroatoms. The van der Waals surface area contributed by atoms with E-state index in [4.69, 9.17) is 23.7 Å². The van der Waals surface area contributed by atoms with E-state index < -0.39 is 42.0 Å². The minimum absolute atomic E-state index is 0.111. The monoisotopic (exact) mass is 462 g/mol. The molecule has 0 radical (unpaired) electrons. The first kappa shape index (κ1) is 23.0. The summed E-state index contributed by atoms with van der Waals surface area (Å²) in [7, 11) is 1.46. The van der Waals surface area contributed by atoms with Gasteiger partial charge in [-0.05, 0) is 51.8 Å². The largest absolute Gasteiger partial charge is 0.509 e. The van der Waals surface area contributed by atoms with Crippen LogP contribution in [0.25, 0.3) is 10.9 Å². The molecule has 2 aromatic rings. The van der Waals surface area contributed by atoms with Gasteiger partial charge in [0.1, 0.15) is 11.4 Å². The van der Waals surface area contributed by atoms with Gasteiger partial charge in [0.15, 0.2) is 12.2 Å². The Kier molecular flexibility index (Phi) is 6.29. The van der Waals surface area contributed by atoms with Crippen LogP contribution in [0.1, 0.15) is 45.3 Å². The van der Waals surface area contributed by atoms with Crippen LogP contribution < -0.4 is 10.1 Å². The van der Waals surface area contributed by atoms with Crippen molar-refractivity contribution in [1.82, 2.24) is 10.3 Å². The molecule has 0 saturated carbocycles. The number of fused-ring (bicyclic) bond motifs is 1. The molecule has 33 heavy (non-hydrogen) atoms. The number of methoxy groups -OCH3 is 1. The van der Waals surface area contributed by atoms with E-state index in [1.807, 2.05) is 0 Å². The molecule has 0 aliphatic carbocycles. The fourth-order valence-electron chi connectivity index (χ4n) is 4.04. The summed E-state index contributed by atoms with van der Waals surface area (Å²) < 4.78 is 42.1. The summed E-state index contributed by atoms with van der Waals surface area (Å²) in [5, 5.41) is 3.44. The normalized spacial score (nSPS) is 25.3. The van der Waals surface area contributed by atoms with Crippen LogP contribution in [-0.2, 0) is 18.9 Å². The smallest absolute Gasteiger partial charge is 0.481 e. The van der Waals surface area contributed by atoms with Crippen LogP contribution in [-0.4, -0.2) is 54.8 Å². The zero-order valence-corrected chi connectivity index (χ0v) is 18.9. The summed E-state index contributed by atoms with van der Waals surface area (Å²) in [6.07, 6.45) is -2.86. The van der Waals surface area contributed by atoms with Gasteiger partial charge in [0.2, 0.25) is 5.88 Å². The van der Waals surface area contributed by atoms with Crippen LogP contribution in [0.3, 0.4) is 0 Å². The van der Waals surface area contributed by atoms with Crippen LogP contribution in [0.2, 0.25) is 0 Å². The Bertz CT molecular complexity index is 1050. The molecule has 1 aromatic heterocycles. The second-order valence-corrected chi connectivity index (χ2v) is 9.05. The number of hydrogen-bond acceptors (Lipinski definition) is 8. The van der Waals surface area contributed by atoms with Crippen molar-refractivity contribution in [2.45, 2.75) is 63.6 Å². The van der Waals surface area contributed by atoms with E-state index in [2.05, 4.69) is 10.3 Å². The summed E-state index contributed by atoms with van der Waals surface area (Å²) in [5.41, 5.74) is -0.174. The number of benzene rings is 1. The van der Waals surface area contributed by atoms with Gasteiger partial charge in [0, 0.05) is 11.5 Å². The summed E-state index contributed by atoms with van der Waals surface area (Å²) in [6.45, 7) is 5.54. The molecule has 9 nitrogen and oxygen atoms in total. The first-order chi connectivity index (χ1) is 15.6. The molecule has 1 amide bonds. The molecule has 4 atom stereocenters. The van der Waals surface area contributed by atoms with Crippen LogP contribution >= 0.6 is 0 Å². The van der Waals surface area contributed by atoms with Crippen LogP contribution in [0.4, 0.5) is 14.0 Å². The molecule has 3 heterocycles. The highest BCUT2D eigenvalue weighted by atomic mass is 19.1. The highest BCUT2D eigenvalue weighted by molar-refractivity contribution is 5.83. The number of ether oxygens (including phenoxy) is 5. The molecule has 2 saturated heterocycles. The number of pyridine rings is 1. The molecular formula is C23H27FN2O7. The lowest BCUT2D eigenvalue weighted by atomic mass is 9.93. The minimum atomic E-state index is -1.04. The van der Waals surface area contributed by atoms with Crippen molar-refractivity contribution in [3.63, 3.8) is 0 Å². The molecule has 1 N–H and O–H groups in total. The van der Waals surface area contributed by atoms with Gasteiger partial charge in [0.05, 0.1) is 36.9 Å². The lowest BCUT2D eigenvalue weighted by Crippen LogP contribution is -2.47. The second-order valence-electron chi connectivity index (χ2n) is 9.05. The number of carbonyl (C=O) groups excluding carboxylic acids is 2. The summed E-state index contributed by atoms with van der Waals surface area (Å²) >= 11 is 0. The number of hydrogen-bond donors (Lipinski definition) is 1. The van der Waals surface area contributed by atoms with E-state index in [1.165, 1.54) is 13.2 Å². The fourth-order valence-corrected chi connectivity index (χ4v) is 4.04. The first-order valence-electron chi connectivity index (χ1n) is 10.8. The zero-order chi connectivity index (χ0) is 23.8. The van der Waals surface area contributed by atoms with E-state index in [9.17, 15) is 14.0 Å². The molecule has 2 fully saturated rings. The number of rotatable bonds is 4. The predicted molar refractivity (Wildman–Crippen MR) is 114 cm³/mol. The Hall–Kier alpha value is -3.14. The minimum Gasteiger partial charge on any atom is -0.481 e. The van der Waals surface area contributed by atoms with Crippen molar-refractivity contribution in [3.8, 4) is 5.88 Å². The van der Waals surface area contributed by atoms with Gasteiger partial charge in [-0.3, -0.25) is 0 Å². The highest BCUT2D eigenvalue weighted by Crippen LogP contribution is 2.40. The topological polar surface area (TPSA) is 105 Å². The van der Waals surface area contributed by atoms with Crippen molar-refractivity contribution in [2.24, 2.45) is 0 Å². The fraction of sp³-hybridized carbons (Fsp3) is 0.522. The standard InChI is InChI=1S/C23H27FN2O7/c1-23(2,3)33-21(27)25-13-7-9-15(30-11-13)19-20(32-22(28)31-19)17-14(24)8-5-12-6-10-16(29-4)26-18(12)17/h5-6,8,10,13,15,19-20H,7,9,11H2,1-4H3,(H,25,27)/t13-,15+,19-,20-/m1/s1. The van der Waals surface area contributed by atoms with Gasteiger partial charge < -0.3 is 29.0 Å². The second kappa shape index (κ2) is 9.01. The third-order valence-corrected chi connectivity index (χ3v) is 5.47.